The van der Waals surface area contributed by atoms with Crippen molar-refractivity contribution in [3.8, 4) is 0 Å². The topological polar surface area (TPSA) is 37.0 Å². The molecule has 15 heavy (non-hydrogen) atoms. The van der Waals surface area contributed by atoms with Crippen LogP contribution in [-0.4, -0.2) is 29.1 Å². The molecule has 2 heterocycles. The van der Waals surface area contributed by atoms with Crippen molar-refractivity contribution in [1.29, 1.82) is 0 Å². The van der Waals surface area contributed by atoms with Crippen molar-refractivity contribution in [3.05, 3.63) is 18.5 Å². The highest BCUT2D eigenvalue weighted by Crippen LogP contribution is 2.22. The Morgan fingerprint density at radius 3 is 3.07 bits per heavy atom. The van der Waals surface area contributed by atoms with E-state index in [1.54, 1.807) is 0 Å². The predicted octanol–water partition coefficient (Wildman–Crippen LogP) is 2.43. The van der Waals surface area contributed by atoms with Crippen molar-refractivity contribution < 1.29 is 0 Å². The zero-order valence-corrected chi connectivity index (χ0v) is 9.81. The quantitative estimate of drug-likeness (QED) is 0.822. The smallest absolute Gasteiger partial charge is 0.0549 e. The largest absolute Gasteiger partial charge is 0.384 e. The van der Waals surface area contributed by atoms with Gasteiger partial charge in [0.1, 0.15) is 0 Å². The average molecular weight is 223 g/mol. The van der Waals surface area contributed by atoms with Gasteiger partial charge in [0.2, 0.25) is 0 Å². The first kappa shape index (κ1) is 10.6. The second-order valence-corrected chi connectivity index (χ2v) is 4.85. The highest BCUT2D eigenvalue weighted by atomic mass is 32.2. The van der Waals surface area contributed by atoms with Gasteiger partial charge in [0.15, 0.2) is 0 Å². The number of hydrogen-bond donors (Lipinski definition) is 2. The lowest BCUT2D eigenvalue weighted by Gasteiger charge is -2.13. The van der Waals surface area contributed by atoms with Crippen molar-refractivity contribution in [2.45, 2.75) is 19.4 Å². The van der Waals surface area contributed by atoms with Crippen molar-refractivity contribution >= 4 is 23.1 Å². The van der Waals surface area contributed by atoms with Crippen LogP contribution in [0.5, 0.6) is 0 Å². The summed E-state index contributed by atoms with van der Waals surface area (Å²) in [5.74, 6) is 2.49. The first-order valence-electron chi connectivity index (χ1n) is 5.41. The molecule has 0 spiro atoms. The maximum atomic E-state index is 4.21. The number of nitrogens with one attached hydrogen (secondary N) is 2. The average Bonchev–Trinajstić information content (AvgIpc) is 2.71. The van der Waals surface area contributed by atoms with Crippen LogP contribution in [0.1, 0.15) is 13.3 Å². The van der Waals surface area contributed by atoms with Crippen LogP contribution in [0.2, 0.25) is 0 Å². The van der Waals surface area contributed by atoms with E-state index in [0.717, 1.165) is 17.9 Å². The van der Waals surface area contributed by atoms with Crippen molar-refractivity contribution in [3.63, 3.8) is 0 Å². The van der Waals surface area contributed by atoms with Crippen LogP contribution in [0, 0.1) is 0 Å². The molecule has 1 fully saturated rings. The van der Waals surface area contributed by atoms with Crippen LogP contribution >= 0.6 is 11.8 Å². The van der Waals surface area contributed by atoms with Gasteiger partial charge in [-0.1, -0.05) is 0 Å². The molecule has 1 aromatic heterocycles. The lowest BCUT2D eigenvalue weighted by molar-refractivity contribution is 0.812. The van der Waals surface area contributed by atoms with Gasteiger partial charge in [0.25, 0.3) is 0 Å². The van der Waals surface area contributed by atoms with Crippen LogP contribution < -0.4 is 10.6 Å². The number of thioether (sulfide) groups is 1. The summed E-state index contributed by atoms with van der Waals surface area (Å²) >= 11 is 2.02. The van der Waals surface area contributed by atoms with Crippen molar-refractivity contribution in [2.75, 3.05) is 28.7 Å². The molecule has 1 aliphatic heterocycles. The van der Waals surface area contributed by atoms with E-state index in [1.165, 1.54) is 17.9 Å². The predicted molar refractivity (Wildman–Crippen MR) is 67.8 cm³/mol. The van der Waals surface area contributed by atoms with E-state index in [2.05, 4.69) is 28.6 Å². The molecule has 82 valence electrons. The molecule has 1 unspecified atom stereocenters. The summed E-state index contributed by atoms with van der Waals surface area (Å²) in [6.07, 6.45) is 5.01. The van der Waals surface area contributed by atoms with E-state index in [0.29, 0.717) is 6.04 Å². The molecule has 1 aliphatic rings. The highest BCUT2D eigenvalue weighted by molar-refractivity contribution is 7.99. The Morgan fingerprint density at radius 2 is 2.33 bits per heavy atom. The third-order valence-corrected chi connectivity index (χ3v) is 3.58. The van der Waals surface area contributed by atoms with E-state index >= 15 is 0 Å². The van der Waals surface area contributed by atoms with Gasteiger partial charge >= 0.3 is 0 Å². The lowest BCUT2D eigenvalue weighted by Crippen LogP contribution is -2.18. The molecule has 2 N–H and O–H groups in total. The molecule has 1 atom stereocenters. The molecule has 1 aromatic rings. The van der Waals surface area contributed by atoms with Gasteiger partial charge < -0.3 is 10.6 Å². The SMILES string of the molecule is CCNc1cncc(NC2CCSC2)c1. The van der Waals surface area contributed by atoms with Crippen molar-refractivity contribution in [2.24, 2.45) is 0 Å². The number of anilines is 2. The second-order valence-electron chi connectivity index (χ2n) is 3.70. The van der Waals surface area contributed by atoms with Gasteiger partial charge in [0, 0.05) is 18.3 Å². The Morgan fingerprint density at radius 1 is 1.47 bits per heavy atom. The molecule has 0 amide bonds. The number of rotatable bonds is 4. The maximum Gasteiger partial charge on any atom is 0.0549 e. The number of hydrogen-bond acceptors (Lipinski definition) is 4. The Balaban J connectivity index is 1.97. The summed E-state index contributed by atoms with van der Waals surface area (Å²) in [7, 11) is 0. The molecular weight excluding hydrogens is 206 g/mol. The van der Waals surface area contributed by atoms with Gasteiger partial charge in [-0.25, -0.2) is 0 Å². The molecule has 0 aromatic carbocycles. The Labute approximate surface area is 95.1 Å². The van der Waals surface area contributed by atoms with Gasteiger partial charge in [-0.05, 0) is 25.2 Å². The summed E-state index contributed by atoms with van der Waals surface area (Å²) in [5, 5.41) is 6.78. The summed E-state index contributed by atoms with van der Waals surface area (Å²) < 4.78 is 0. The monoisotopic (exact) mass is 223 g/mol. The Kier molecular flexibility index (Phi) is 3.72. The van der Waals surface area contributed by atoms with Crippen molar-refractivity contribution in [1.82, 2.24) is 4.98 Å². The second kappa shape index (κ2) is 5.26. The van der Waals surface area contributed by atoms with Crippen LogP contribution in [0.15, 0.2) is 18.5 Å². The molecule has 4 heteroatoms. The van der Waals surface area contributed by atoms with E-state index in [1.807, 2.05) is 24.2 Å². The normalized spacial score (nSPS) is 20.2. The third kappa shape index (κ3) is 3.02. The third-order valence-electron chi connectivity index (χ3n) is 2.42. The molecule has 2 rings (SSSR count). The number of aromatic nitrogens is 1. The minimum absolute atomic E-state index is 0.619. The molecule has 1 saturated heterocycles. The molecule has 0 bridgehead atoms. The van der Waals surface area contributed by atoms with Gasteiger partial charge in [-0.2, -0.15) is 11.8 Å². The first-order chi connectivity index (χ1) is 7.38. The molecule has 0 saturated carbocycles. The van der Waals surface area contributed by atoms with Crippen LogP contribution in [-0.2, 0) is 0 Å². The van der Waals surface area contributed by atoms with Gasteiger partial charge in [-0.15, -0.1) is 0 Å². The summed E-state index contributed by atoms with van der Waals surface area (Å²) in [5.41, 5.74) is 2.22. The molecular formula is C11H17N3S. The maximum absolute atomic E-state index is 4.21. The minimum Gasteiger partial charge on any atom is -0.384 e. The zero-order valence-electron chi connectivity index (χ0n) is 8.99. The highest BCUT2D eigenvalue weighted by Gasteiger charge is 2.14. The Hall–Kier alpha value is -0.900. The molecule has 3 nitrogen and oxygen atoms in total. The molecule has 0 aliphatic carbocycles. The van der Waals surface area contributed by atoms with E-state index in [-0.39, 0.29) is 0 Å². The molecule has 0 radical (unpaired) electrons. The Bertz CT molecular complexity index is 310. The summed E-state index contributed by atoms with van der Waals surface area (Å²) in [6, 6.07) is 2.74. The standard InChI is InChI=1S/C11H17N3S/c1-2-13-10-5-11(7-12-6-10)14-9-3-4-15-8-9/h5-7,9,13-14H,2-4,8H2,1H3. The fourth-order valence-corrected chi connectivity index (χ4v) is 2.86. The van der Waals surface area contributed by atoms with Gasteiger partial charge in [0.05, 0.1) is 23.8 Å². The zero-order chi connectivity index (χ0) is 10.5. The summed E-state index contributed by atoms with van der Waals surface area (Å²) in [4.78, 5) is 4.21. The number of nitrogens with zero attached hydrogens (tertiary/aromatic N) is 1. The number of pyridine rings is 1. The lowest BCUT2D eigenvalue weighted by atomic mass is 10.2. The van der Waals surface area contributed by atoms with Crippen LogP contribution in [0.3, 0.4) is 0 Å². The summed E-state index contributed by atoms with van der Waals surface area (Å²) in [6.45, 7) is 3.03. The fourth-order valence-electron chi connectivity index (χ4n) is 1.70. The van der Waals surface area contributed by atoms with Crippen LogP contribution in [0.4, 0.5) is 11.4 Å². The van der Waals surface area contributed by atoms with Gasteiger partial charge in [-0.3, -0.25) is 4.98 Å². The first-order valence-corrected chi connectivity index (χ1v) is 6.57. The fraction of sp³-hybridized carbons (Fsp3) is 0.545. The van der Waals surface area contributed by atoms with Crippen LogP contribution in [0.25, 0.3) is 0 Å². The van der Waals surface area contributed by atoms with E-state index < -0.39 is 0 Å². The van der Waals surface area contributed by atoms with E-state index in [4.69, 9.17) is 0 Å². The van der Waals surface area contributed by atoms with E-state index in [9.17, 15) is 0 Å². The minimum atomic E-state index is 0.619.